The minimum Gasteiger partial charge on any atom is -0.356 e. The molecule has 0 spiro atoms. The first-order valence-electron chi connectivity index (χ1n) is 7.81. The summed E-state index contributed by atoms with van der Waals surface area (Å²) in [6.45, 7) is 7.26. The van der Waals surface area contributed by atoms with E-state index in [0.29, 0.717) is 37.4 Å². The van der Waals surface area contributed by atoms with Crippen LogP contribution in [0, 0.1) is 0 Å². The monoisotopic (exact) mass is 326 g/mol. The lowest BCUT2D eigenvalue weighted by molar-refractivity contribution is -0.121. The Kier molecular flexibility index (Phi) is 7.55. The topological polar surface area (TPSA) is 66.5 Å². The zero-order chi connectivity index (χ0) is 16.6. The molecule has 0 bridgehead atoms. The van der Waals surface area contributed by atoms with Crippen LogP contribution in [0.5, 0.6) is 0 Å². The van der Waals surface area contributed by atoms with Gasteiger partial charge in [0.15, 0.2) is 0 Å². The van der Waals surface area contributed by atoms with E-state index in [2.05, 4.69) is 5.32 Å². The Balaban J connectivity index is 2.69. The summed E-state index contributed by atoms with van der Waals surface area (Å²) in [6.07, 6.45) is 1.95. The van der Waals surface area contributed by atoms with E-state index in [4.69, 9.17) is 0 Å². The Bertz CT molecular complexity index is 564. The first kappa shape index (κ1) is 18.6. The molecular formula is C16H26N2O3S. The average molecular weight is 326 g/mol. The molecule has 0 radical (unpaired) electrons. The Hall–Kier alpha value is -1.40. The van der Waals surface area contributed by atoms with Crippen molar-refractivity contribution in [2.75, 3.05) is 19.6 Å². The lowest BCUT2D eigenvalue weighted by Gasteiger charge is -2.18. The van der Waals surface area contributed by atoms with Crippen molar-refractivity contribution in [1.82, 2.24) is 9.62 Å². The fourth-order valence-electron chi connectivity index (χ4n) is 2.15. The highest BCUT2D eigenvalue weighted by atomic mass is 32.2. The van der Waals surface area contributed by atoms with Gasteiger partial charge in [-0.25, -0.2) is 8.42 Å². The van der Waals surface area contributed by atoms with Gasteiger partial charge in [0.05, 0.1) is 4.90 Å². The van der Waals surface area contributed by atoms with Crippen LogP contribution in [0.3, 0.4) is 0 Å². The van der Waals surface area contributed by atoms with Crippen LogP contribution in [0.25, 0.3) is 0 Å². The van der Waals surface area contributed by atoms with Gasteiger partial charge in [-0.2, -0.15) is 4.31 Å². The van der Waals surface area contributed by atoms with Gasteiger partial charge in [-0.3, -0.25) is 4.79 Å². The summed E-state index contributed by atoms with van der Waals surface area (Å²) in [6, 6.07) is 6.80. The smallest absolute Gasteiger partial charge is 0.243 e. The normalized spacial score (nSPS) is 11.6. The average Bonchev–Trinajstić information content (AvgIpc) is 2.52. The van der Waals surface area contributed by atoms with Crippen LogP contribution in [0.4, 0.5) is 0 Å². The van der Waals surface area contributed by atoms with Crippen LogP contribution in [0.2, 0.25) is 0 Å². The van der Waals surface area contributed by atoms with E-state index in [9.17, 15) is 13.2 Å². The lowest BCUT2D eigenvalue weighted by atomic mass is 10.1. The summed E-state index contributed by atoms with van der Waals surface area (Å²) in [4.78, 5) is 11.9. The summed E-state index contributed by atoms with van der Waals surface area (Å²) in [7, 11) is -3.41. The number of hydrogen-bond acceptors (Lipinski definition) is 3. The molecule has 5 nitrogen and oxygen atoms in total. The lowest BCUT2D eigenvalue weighted by Crippen LogP contribution is -2.30. The summed E-state index contributed by atoms with van der Waals surface area (Å²) >= 11 is 0. The van der Waals surface area contributed by atoms with Crippen LogP contribution in [0.1, 0.15) is 39.2 Å². The standard InChI is InChI=1S/C16H26N2O3S/c1-4-13-17-16(19)12-9-14-7-10-15(11-8-14)22(20,21)18(5-2)6-3/h7-8,10-11H,4-6,9,12-13H2,1-3H3,(H,17,19). The molecule has 0 atom stereocenters. The highest BCUT2D eigenvalue weighted by Crippen LogP contribution is 2.16. The van der Waals surface area contributed by atoms with E-state index < -0.39 is 10.0 Å². The molecular weight excluding hydrogens is 300 g/mol. The van der Waals surface area contributed by atoms with Gasteiger partial charge < -0.3 is 5.32 Å². The Morgan fingerprint density at radius 2 is 1.68 bits per heavy atom. The zero-order valence-corrected chi connectivity index (χ0v) is 14.4. The van der Waals surface area contributed by atoms with Gasteiger partial charge in [0.25, 0.3) is 0 Å². The Morgan fingerprint density at radius 3 is 2.18 bits per heavy atom. The van der Waals surface area contributed by atoms with Gasteiger partial charge in [-0.15, -0.1) is 0 Å². The number of carbonyl (C=O) groups excluding carboxylic acids is 1. The number of carbonyl (C=O) groups is 1. The SMILES string of the molecule is CCCNC(=O)CCc1ccc(S(=O)(=O)N(CC)CC)cc1. The predicted molar refractivity (Wildman–Crippen MR) is 88.2 cm³/mol. The quantitative estimate of drug-likeness (QED) is 0.756. The van der Waals surface area contributed by atoms with E-state index in [1.807, 2.05) is 20.8 Å². The molecule has 6 heteroatoms. The Labute approximate surface area is 133 Å². The maximum Gasteiger partial charge on any atom is 0.243 e. The molecule has 0 saturated carbocycles. The van der Waals surface area contributed by atoms with E-state index in [-0.39, 0.29) is 5.91 Å². The molecule has 0 heterocycles. The number of benzene rings is 1. The van der Waals surface area contributed by atoms with E-state index in [1.54, 1.807) is 24.3 Å². The summed E-state index contributed by atoms with van der Waals surface area (Å²) in [5.41, 5.74) is 0.963. The third kappa shape index (κ3) is 5.10. The second-order valence-corrected chi connectivity index (χ2v) is 7.02. The van der Waals surface area contributed by atoms with E-state index in [1.165, 1.54) is 4.31 Å². The highest BCUT2D eigenvalue weighted by Gasteiger charge is 2.21. The largest absolute Gasteiger partial charge is 0.356 e. The number of rotatable bonds is 9. The first-order valence-corrected chi connectivity index (χ1v) is 9.25. The molecule has 0 aliphatic carbocycles. The number of amides is 1. The number of nitrogens with zero attached hydrogens (tertiary/aromatic N) is 1. The molecule has 0 saturated heterocycles. The van der Waals surface area contributed by atoms with Gasteiger partial charge in [0.1, 0.15) is 0 Å². The number of aryl methyl sites for hydroxylation is 1. The fraction of sp³-hybridized carbons (Fsp3) is 0.562. The van der Waals surface area contributed by atoms with Gasteiger partial charge in [-0.1, -0.05) is 32.9 Å². The second kappa shape index (κ2) is 8.90. The summed E-state index contributed by atoms with van der Waals surface area (Å²) < 4.78 is 26.1. The molecule has 0 aliphatic rings. The van der Waals surface area contributed by atoms with Crippen molar-refractivity contribution in [2.45, 2.75) is 44.9 Å². The number of sulfonamides is 1. The predicted octanol–water partition coefficient (Wildman–Crippen LogP) is 2.18. The molecule has 1 N–H and O–H groups in total. The van der Waals surface area contributed by atoms with Crippen molar-refractivity contribution in [3.63, 3.8) is 0 Å². The highest BCUT2D eigenvalue weighted by molar-refractivity contribution is 7.89. The van der Waals surface area contributed by atoms with Crippen molar-refractivity contribution in [3.05, 3.63) is 29.8 Å². The van der Waals surface area contributed by atoms with E-state index >= 15 is 0 Å². The van der Waals surface area contributed by atoms with Crippen LogP contribution >= 0.6 is 0 Å². The minimum absolute atomic E-state index is 0.0293. The molecule has 0 aliphatic heterocycles. The van der Waals surface area contributed by atoms with Crippen molar-refractivity contribution in [1.29, 1.82) is 0 Å². The minimum atomic E-state index is -3.41. The van der Waals surface area contributed by atoms with Crippen molar-refractivity contribution >= 4 is 15.9 Å². The molecule has 1 rings (SSSR count). The van der Waals surface area contributed by atoms with E-state index in [0.717, 1.165) is 12.0 Å². The van der Waals surface area contributed by atoms with Crippen molar-refractivity contribution in [2.24, 2.45) is 0 Å². The molecule has 0 fully saturated rings. The molecule has 0 unspecified atom stereocenters. The zero-order valence-electron chi connectivity index (χ0n) is 13.6. The molecule has 22 heavy (non-hydrogen) atoms. The van der Waals surface area contributed by atoms with Crippen LogP contribution in [-0.2, 0) is 21.2 Å². The van der Waals surface area contributed by atoms with Gasteiger partial charge in [0, 0.05) is 26.1 Å². The first-order chi connectivity index (χ1) is 10.5. The van der Waals surface area contributed by atoms with Gasteiger partial charge in [0.2, 0.25) is 15.9 Å². The maximum absolute atomic E-state index is 12.4. The number of nitrogens with one attached hydrogen (secondary N) is 1. The summed E-state index contributed by atoms with van der Waals surface area (Å²) in [5.74, 6) is 0.0293. The Morgan fingerprint density at radius 1 is 1.09 bits per heavy atom. The fourth-order valence-corrected chi connectivity index (χ4v) is 3.61. The van der Waals surface area contributed by atoms with Crippen molar-refractivity contribution in [3.8, 4) is 0 Å². The van der Waals surface area contributed by atoms with Crippen LogP contribution in [0.15, 0.2) is 29.2 Å². The molecule has 0 aromatic heterocycles. The van der Waals surface area contributed by atoms with Crippen LogP contribution < -0.4 is 5.32 Å². The molecule has 124 valence electrons. The summed E-state index contributed by atoms with van der Waals surface area (Å²) in [5, 5.41) is 2.83. The van der Waals surface area contributed by atoms with Crippen LogP contribution in [-0.4, -0.2) is 38.3 Å². The molecule has 1 amide bonds. The molecule has 1 aromatic rings. The van der Waals surface area contributed by atoms with Gasteiger partial charge >= 0.3 is 0 Å². The van der Waals surface area contributed by atoms with Gasteiger partial charge in [-0.05, 0) is 30.5 Å². The third-order valence-electron chi connectivity index (χ3n) is 3.48. The second-order valence-electron chi connectivity index (χ2n) is 5.08. The third-order valence-corrected chi connectivity index (χ3v) is 5.54. The van der Waals surface area contributed by atoms with Crippen molar-refractivity contribution < 1.29 is 13.2 Å². The number of hydrogen-bond donors (Lipinski definition) is 1. The maximum atomic E-state index is 12.4. The molecule has 1 aromatic carbocycles.